The maximum Gasteiger partial charge on any atom is 0.253 e. The molecular weight excluding hydrogens is 326 g/mol. The molecule has 0 unspecified atom stereocenters. The Morgan fingerprint density at radius 3 is 2.85 bits per heavy atom. The van der Waals surface area contributed by atoms with Gasteiger partial charge in [0.1, 0.15) is 0 Å². The highest BCUT2D eigenvalue weighted by Crippen LogP contribution is 2.29. The van der Waals surface area contributed by atoms with Gasteiger partial charge in [-0.2, -0.15) is 0 Å². The van der Waals surface area contributed by atoms with E-state index in [0.717, 1.165) is 41.8 Å². The Labute approximate surface area is 151 Å². The summed E-state index contributed by atoms with van der Waals surface area (Å²) in [5, 5.41) is 3.12. The number of carbonyl (C=O) groups is 1. The summed E-state index contributed by atoms with van der Waals surface area (Å²) in [5.74, 6) is 0.566. The van der Waals surface area contributed by atoms with Gasteiger partial charge in [0, 0.05) is 47.3 Å². The molecule has 6 nitrogen and oxygen atoms in total. The summed E-state index contributed by atoms with van der Waals surface area (Å²) in [6.07, 6.45) is 9.77. The number of nitrogens with zero attached hydrogens (tertiary/aromatic N) is 4. The second-order valence-corrected chi connectivity index (χ2v) is 6.39. The van der Waals surface area contributed by atoms with Crippen LogP contribution < -0.4 is 5.32 Å². The molecule has 130 valence electrons. The maximum atomic E-state index is 12.6. The van der Waals surface area contributed by atoms with Gasteiger partial charge in [-0.3, -0.25) is 14.8 Å². The maximum absolute atomic E-state index is 12.6. The van der Waals surface area contributed by atoms with Crippen molar-refractivity contribution in [2.45, 2.75) is 32.2 Å². The number of carbonyl (C=O) groups excluding carboxylic acids is 1. The Hall–Kier alpha value is -3.15. The fourth-order valence-corrected chi connectivity index (χ4v) is 3.29. The van der Waals surface area contributed by atoms with Gasteiger partial charge in [-0.05, 0) is 50.5 Å². The van der Waals surface area contributed by atoms with Crippen molar-refractivity contribution in [3.05, 3.63) is 71.6 Å². The molecule has 1 atom stereocenters. The van der Waals surface area contributed by atoms with Crippen molar-refractivity contribution in [1.29, 1.82) is 0 Å². The van der Waals surface area contributed by atoms with E-state index in [4.69, 9.17) is 4.98 Å². The molecule has 26 heavy (non-hydrogen) atoms. The molecule has 0 saturated heterocycles. The lowest BCUT2D eigenvalue weighted by Crippen LogP contribution is -2.32. The average molecular weight is 345 g/mol. The van der Waals surface area contributed by atoms with Crippen molar-refractivity contribution in [3.8, 4) is 11.4 Å². The van der Waals surface area contributed by atoms with Crippen LogP contribution in [0.25, 0.3) is 11.4 Å². The third-order valence-corrected chi connectivity index (χ3v) is 4.66. The van der Waals surface area contributed by atoms with Crippen LogP contribution in [-0.4, -0.2) is 25.8 Å². The number of rotatable bonds is 3. The number of amides is 1. The molecule has 4 rings (SSSR count). The van der Waals surface area contributed by atoms with Gasteiger partial charge in [-0.1, -0.05) is 0 Å². The van der Waals surface area contributed by atoms with Crippen LogP contribution in [0.1, 0.15) is 46.2 Å². The van der Waals surface area contributed by atoms with Gasteiger partial charge in [0.2, 0.25) is 0 Å². The third kappa shape index (κ3) is 3.18. The van der Waals surface area contributed by atoms with E-state index in [2.05, 4.69) is 20.3 Å². The zero-order valence-corrected chi connectivity index (χ0v) is 14.5. The number of fused-ring (bicyclic) bond motifs is 1. The van der Waals surface area contributed by atoms with Gasteiger partial charge >= 0.3 is 0 Å². The van der Waals surface area contributed by atoms with Crippen LogP contribution in [-0.2, 0) is 6.42 Å². The van der Waals surface area contributed by atoms with Crippen LogP contribution in [0.5, 0.6) is 0 Å². The highest BCUT2D eigenvalue weighted by atomic mass is 16.1. The standard InChI is InChI=1S/C20H19N5O/c1-13-15(6-4-10-22-13)20(26)25-18-8-2-7-17-16(18)12-23-19(24-17)14-5-3-9-21-11-14/h3-6,9-12,18H,2,7-8H2,1H3,(H,25,26)/t18-/m1/s1. The third-order valence-electron chi connectivity index (χ3n) is 4.66. The minimum atomic E-state index is -0.107. The number of nitrogens with one attached hydrogen (secondary N) is 1. The number of hydrogen-bond acceptors (Lipinski definition) is 5. The van der Waals surface area contributed by atoms with Gasteiger partial charge < -0.3 is 5.32 Å². The van der Waals surface area contributed by atoms with Crippen LogP contribution in [0.4, 0.5) is 0 Å². The van der Waals surface area contributed by atoms with Gasteiger partial charge in [-0.15, -0.1) is 0 Å². The molecule has 1 aliphatic carbocycles. The van der Waals surface area contributed by atoms with Gasteiger partial charge in [0.25, 0.3) is 5.91 Å². The highest BCUT2D eigenvalue weighted by molar-refractivity contribution is 5.95. The Morgan fingerprint density at radius 2 is 2.04 bits per heavy atom. The van der Waals surface area contributed by atoms with Crippen molar-refractivity contribution >= 4 is 5.91 Å². The van der Waals surface area contributed by atoms with Gasteiger partial charge in [-0.25, -0.2) is 9.97 Å². The largest absolute Gasteiger partial charge is 0.345 e. The first-order chi connectivity index (χ1) is 12.7. The SMILES string of the molecule is Cc1ncccc1C(=O)N[C@@H]1CCCc2nc(-c3cccnc3)ncc21. The number of pyridine rings is 2. The lowest BCUT2D eigenvalue weighted by Gasteiger charge is -2.25. The van der Waals surface area contributed by atoms with E-state index < -0.39 is 0 Å². The normalized spacial score (nSPS) is 16.0. The predicted octanol–water partition coefficient (Wildman–Crippen LogP) is 3.05. The number of hydrogen-bond donors (Lipinski definition) is 1. The molecule has 1 aliphatic rings. The molecule has 0 fully saturated rings. The summed E-state index contributed by atoms with van der Waals surface area (Å²) in [4.78, 5) is 30.2. The topological polar surface area (TPSA) is 80.7 Å². The first-order valence-corrected chi connectivity index (χ1v) is 8.71. The summed E-state index contributed by atoms with van der Waals surface area (Å²) in [6.45, 7) is 1.84. The second kappa shape index (κ2) is 7.00. The van der Waals surface area contributed by atoms with Crippen molar-refractivity contribution in [2.24, 2.45) is 0 Å². The Kier molecular flexibility index (Phi) is 4.39. The zero-order valence-electron chi connectivity index (χ0n) is 14.5. The molecule has 3 aromatic rings. The van der Waals surface area contributed by atoms with Crippen LogP contribution in [0, 0.1) is 6.92 Å². The smallest absolute Gasteiger partial charge is 0.253 e. The van der Waals surface area contributed by atoms with E-state index in [0.29, 0.717) is 11.4 Å². The molecule has 1 N–H and O–H groups in total. The molecule has 3 heterocycles. The zero-order chi connectivity index (χ0) is 17.9. The molecule has 0 aromatic carbocycles. The van der Waals surface area contributed by atoms with E-state index in [1.807, 2.05) is 25.3 Å². The quantitative estimate of drug-likeness (QED) is 0.789. The highest BCUT2D eigenvalue weighted by Gasteiger charge is 2.25. The monoisotopic (exact) mass is 345 g/mol. The van der Waals surface area contributed by atoms with E-state index in [1.54, 1.807) is 30.7 Å². The van der Waals surface area contributed by atoms with Crippen molar-refractivity contribution in [3.63, 3.8) is 0 Å². The predicted molar refractivity (Wildman–Crippen MR) is 97.4 cm³/mol. The molecule has 0 saturated carbocycles. The lowest BCUT2D eigenvalue weighted by atomic mass is 9.92. The van der Waals surface area contributed by atoms with Crippen LogP contribution in [0.3, 0.4) is 0 Å². The fourth-order valence-electron chi connectivity index (χ4n) is 3.29. The van der Waals surface area contributed by atoms with Crippen LogP contribution in [0.2, 0.25) is 0 Å². The first-order valence-electron chi connectivity index (χ1n) is 8.71. The summed E-state index contributed by atoms with van der Waals surface area (Å²) >= 11 is 0. The first kappa shape index (κ1) is 16.3. The molecule has 1 amide bonds. The molecular formula is C20H19N5O. The molecule has 3 aromatic heterocycles. The van der Waals surface area contributed by atoms with Gasteiger partial charge in [0.05, 0.1) is 11.6 Å². The minimum absolute atomic E-state index is 0.0752. The van der Waals surface area contributed by atoms with E-state index in [9.17, 15) is 4.79 Å². The molecule has 0 aliphatic heterocycles. The summed E-state index contributed by atoms with van der Waals surface area (Å²) in [7, 11) is 0. The van der Waals surface area contributed by atoms with Crippen molar-refractivity contribution in [2.75, 3.05) is 0 Å². The van der Waals surface area contributed by atoms with Crippen molar-refractivity contribution < 1.29 is 4.79 Å². The van der Waals surface area contributed by atoms with Crippen molar-refractivity contribution in [1.82, 2.24) is 25.3 Å². The Balaban J connectivity index is 1.60. The lowest BCUT2D eigenvalue weighted by molar-refractivity contribution is 0.0931. The summed E-state index contributed by atoms with van der Waals surface area (Å²) in [6, 6.07) is 7.32. The van der Waals surface area contributed by atoms with E-state index in [-0.39, 0.29) is 11.9 Å². The van der Waals surface area contributed by atoms with Crippen LogP contribution >= 0.6 is 0 Å². The summed E-state index contributed by atoms with van der Waals surface area (Å²) in [5.41, 5.74) is 4.22. The minimum Gasteiger partial charge on any atom is -0.345 e. The summed E-state index contributed by atoms with van der Waals surface area (Å²) < 4.78 is 0. The number of aromatic nitrogens is 4. The van der Waals surface area contributed by atoms with E-state index in [1.165, 1.54) is 0 Å². The second-order valence-electron chi connectivity index (χ2n) is 6.39. The Morgan fingerprint density at radius 1 is 1.15 bits per heavy atom. The molecule has 0 spiro atoms. The molecule has 0 radical (unpaired) electrons. The average Bonchev–Trinajstić information content (AvgIpc) is 2.69. The molecule has 6 heteroatoms. The van der Waals surface area contributed by atoms with Crippen LogP contribution in [0.15, 0.2) is 49.1 Å². The van der Waals surface area contributed by atoms with E-state index >= 15 is 0 Å². The molecule has 0 bridgehead atoms. The van der Waals surface area contributed by atoms with Gasteiger partial charge in [0.15, 0.2) is 5.82 Å². The fraction of sp³-hybridized carbons (Fsp3) is 0.250. The number of aryl methyl sites for hydroxylation is 2. The Bertz CT molecular complexity index is 942.